The molecule has 0 saturated heterocycles. The lowest BCUT2D eigenvalue weighted by atomic mass is 9.99. The molecule has 1 aliphatic heterocycles. The average molecular weight is 494 g/mol. The van der Waals surface area contributed by atoms with Crippen LogP contribution in [0.4, 0.5) is 26.3 Å². The first kappa shape index (κ1) is 23.4. The van der Waals surface area contributed by atoms with E-state index in [1.165, 1.54) is 18.2 Å². The zero-order valence-corrected chi connectivity index (χ0v) is 18.3. The van der Waals surface area contributed by atoms with Crippen LogP contribution < -0.4 is 0 Å². The number of rotatable bonds is 4. The third kappa shape index (κ3) is 4.76. The van der Waals surface area contributed by atoms with Crippen molar-refractivity contribution in [2.24, 2.45) is 5.92 Å². The van der Waals surface area contributed by atoms with Gasteiger partial charge >= 0.3 is 12.4 Å². The Kier molecular flexibility index (Phi) is 5.60. The van der Waals surface area contributed by atoms with Crippen LogP contribution >= 0.6 is 0 Å². The second-order valence-electron chi connectivity index (χ2n) is 8.84. The summed E-state index contributed by atoms with van der Waals surface area (Å²) in [5.74, 6) is 0.0344. The van der Waals surface area contributed by atoms with Gasteiger partial charge in [-0.15, -0.1) is 0 Å². The summed E-state index contributed by atoms with van der Waals surface area (Å²) in [5.41, 5.74) is 0.645. The number of alkyl halides is 6. The summed E-state index contributed by atoms with van der Waals surface area (Å²) < 4.78 is 80.1. The van der Waals surface area contributed by atoms with Gasteiger partial charge in [-0.25, -0.2) is 0 Å². The van der Waals surface area contributed by atoms with E-state index in [0.29, 0.717) is 29.8 Å². The van der Waals surface area contributed by atoms with Gasteiger partial charge < -0.3 is 4.90 Å². The summed E-state index contributed by atoms with van der Waals surface area (Å²) in [6.45, 7) is 0.770. The molecule has 1 amide bonds. The first-order chi connectivity index (χ1) is 16.5. The fourth-order valence-electron chi connectivity index (χ4n) is 4.33. The third-order valence-electron chi connectivity index (χ3n) is 6.28. The minimum Gasteiger partial charge on any atom is -0.338 e. The van der Waals surface area contributed by atoms with Crippen LogP contribution in [0.2, 0.25) is 0 Å². The standard InChI is InChI=1S/C24H20F6N4O/c25-23(26,27)17-3-1-2-16(10-17)21-18-13-33(22(35)15-5-6-15)9-8-19(18)34(32-21)12-14-4-7-20(31-11-14)24(28,29)30/h1-4,7,10-11,15H,5-6,8-9,12-13H2. The highest BCUT2D eigenvalue weighted by molar-refractivity contribution is 5.81. The quantitative estimate of drug-likeness (QED) is 0.461. The van der Waals surface area contributed by atoms with Crippen LogP contribution in [0, 0.1) is 5.92 Å². The summed E-state index contributed by atoms with van der Waals surface area (Å²) in [5, 5.41) is 4.57. The minimum atomic E-state index is -4.56. The molecular formula is C24H20F6N4O. The molecule has 3 heterocycles. The molecule has 35 heavy (non-hydrogen) atoms. The van der Waals surface area contributed by atoms with Crippen LogP contribution in [0.5, 0.6) is 0 Å². The smallest absolute Gasteiger partial charge is 0.338 e. The number of nitrogens with zero attached hydrogens (tertiary/aromatic N) is 4. The predicted octanol–water partition coefficient (Wildman–Crippen LogP) is 5.33. The van der Waals surface area contributed by atoms with Crippen molar-refractivity contribution in [2.45, 2.75) is 44.7 Å². The number of hydrogen-bond donors (Lipinski definition) is 0. The van der Waals surface area contributed by atoms with Crippen molar-refractivity contribution in [3.8, 4) is 11.3 Å². The molecule has 0 radical (unpaired) electrons. The molecule has 184 valence electrons. The Morgan fingerprint density at radius 3 is 2.43 bits per heavy atom. The van der Waals surface area contributed by atoms with E-state index in [4.69, 9.17) is 0 Å². The maximum absolute atomic E-state index is 13.3. The number of benzene rings is 1. The van der Waals surface area contributed by atoms with Crippen molar-refractivity contribution in [1.82, 2.24) is 19.7 Å². The Morgan fingerprint density at radius 2 is 1.80 bits per heavy atom. The highest BCUT2D eigenvalue weighted by Crippen LogP contribution is 2.37. The van der Waals surface area contributed by atoms with Crippen LogP contribution in [0.1, 0.15) is 40.9 Å². The third-order valence-corrected chi connectivity index (χ3v) is 6.28. The second-order valence-corrected chi connectivity index (χ2v) is 8.84. The van der Waals surface area contributed by atoms with E-state index >= 15 is 0 Å². The van der Waals surface area contributed by atoms with Gasteiger partial charge in [0.05, 0.1) is 17.8 Å². The van der Waals surface area contributed by atoms with E-state index in [-0.39, 0.29) is 30.5 Å². The summed E-state index contributed by atoms with van der Waals surface area (Å²) in [7, 11) is 0. The predicted molar refractivity (Wildman–Crippen MR) is 113 cm³/mol. The van der Waals surface area contributed by atoms with Crippen LogP contribution in [-0.2, 0) is 36.7 Å². The summed E-state index contributed by atoms with van der Waals surface area (Å²) >= 11 is 0. The highest BCUT2D eigenvalue weighted by Gasteiger charge is 2.37. The van der Waals surface area contributed by atoms with E-state index < -0.39 is 23.6 Å². The van der Waals surface area contributed by atoms with Gasteiger partial charge in [0.15, 0.2) is 0 Å². The molecule has 11 heteroatoms. The topological polar surface area (TPSA) is 51.0 Å². The van der Waals surface area contributed by atoms with Crippen molar-refractivity contribution < 1.29 is 31.1 Å². The molecule has 0 bridgehead atoms. The van der Waals surface area contributed by atoms with Gasteiger partial charge in [-0.1, -0.05) is 18.2 Å². The molecular weight excluding hydrogens is 474 g/mol. The fraction of sp³-hybridized carbons (Fsp3) is 0.375. The zero-order chi connectivity index (χ0) is 25.0. The summed E-state index contributed by atoms with van der Waals surface area (Å²) in [6, 6.07) is 7.02. The van der Waals surface area contributed by atoms with Crippen molar-refractivity contribution in [2.75, 3.05) is 6.54 Å². The largest absolute Gasteiger partial charge is 0.433 e. The van der Waals surface area contributed by atoms with E-state index in [1.54, 1.807) is 9.58 Å². The molecule has 0 N–H and O–H groups in total. The number of fused-ring (bicyclic) bond motifs is 1. The maximum Gasteiger partial charge on any atom is 0.433 e. The molecule has 3 aromatic rings. The molecule has 0 atom stereocenters. The molecule has 0 spiro atoms. The van der Waals surface area contributed by atoms with Crippen LogP contribution in [-0.4, -0.2) is 32.1 Å². The van der Waals surface area contributed by atoms with Crippen molar-refractivity contribution >= 4 is 5.91 Å². The van der Waals surface area contributed by atoms with E-state index in [0.717, 1.165) is 42.9 Å². The molecule has 2 aromatic heterocycles. The molecule has 5 nitrogen and oxygen atoms in total. The van der Waals surface area contributed by atoms with E-state index in [9.17, 15) is 31.1 Å². The van der Waals surface area contributed by atoms with E-state index in [2.05, 4.69) is 10.1 Å². The Hall–Kier alpha value is -3.37. The summed E-state index contributed by atoms with van der Waals surface area (Å²) in [4.78, 5) is 17.9. The molecule has 2 aliphatic rings. The molecule has 0 unspecified atom stereocenters. The van der Waals surface area contributed by atoms with Gasteiger partial charge in [0, 0.05) is 48.4 Å². The van der Waals surface area contributed by atoms with Gasteiger partial charge in [0.25, 0.3) is 0 Å². The van der Waals surface area contributed by atoms with Crippen molar-refractivity contribution in [1.29, 1.82) is 0 Å². The lowest BCUT2D eigenvalue weighted by Crippen LogP contribution is -2.37. The lowest BCUT2D eigenvalue weighted by molar-refractivity contribution is -0.141. The molecule has 1 aliphatic carbocycles. The molecule has 1 fully saturated rings. The first-order valence-electron chi connectivity index (χ1n) is 11.1. The summed E-state index contributed by atoms with van der Waals surface area (Å²) in [6.07, 6.45) is -5.86. The van der Waals surface area contributed by atoms with Crippen LogP contribution in [0.3, 0.4) is 0 Å². The molecule has 1 aromatic carbocycles. The monoisotopic (exact) mass is 494 g/mol. The Balaban J connectivity index is 1.52. The SMILES string of the molecule is O=C(C1CC1)N1CCc2c(c(-c3cccc(C(F)(F)F)c3)nn2Cc2ccc(C(F)(F)F)nc2)C1. The zero-order valence-electron chi connectivity index (χ0n) is 18.3. The van der Waals surface area contributed by atoms with Crippen LogP contribution in [0.25, 0.3) is 11.3 Å². The second kappa shape index (κ2) is 8.39. The Labute approximate surface area is 196 Å². The number of halogens is 6. The average Bonchev–Trinajstić information content (AvgIpc) is 3.60. The van der Waals surface area contributed by atoms with Gasteiger partial charge in [-0.2, -0.15) is 31.4 Å². The number of aromatic nitrogens is 3. The van der Waals surface area contributed by atoms with E-state index in [1.807, 2.05) is 0 Å². The fourth-order valence-corrected chi connectivity index (χ4v) is 4.33. The normalized spacial score (nSPS) is 16.3. The van der Waals surface area contributed by atoms with Gasteiger partial charge in [-0.3, -0.25) is 14.5 Å². The number of pyridine rings is 1. The highest BCUT2D eigenvalue weighted by atomic mass is 19.4. The van der Waals surface area contributed by atoms with Crippen molar-refractivity contribution in [3.63, 3.8) is 0 Å². The minimum absolute atomic E-state index is 0.00169. The van der Waals surface area contributed by atoms with Gasteiger partial charge in [0.2, 0.25) is 5.91 Å². The molecule has 5 rings (SSSR count). The number of carbonyl (C=O) groups excluding carboxylic acids is 1. The van der Waals surface area contributed by atoms with Crippen molar-refractivity contribution in [3.05, 3.63) is 70.7 Å². The van der Waals surface area contributed by atoms with Crippen LogP contribution in [0.15, 0.2) is 42.6 Å². The molecule has 1 saturated carbocycles. The van der Waals surface area contributed by atoms with Gasteiger partial charge in [-0.05, 0) is 36.6 Å². The Bertz CT molecular complexity index is 1260. The maximum atomic E-state index is 13.3. The number of hydrogen-bond acceptors (Lipinski definition) is 3. The number of carbonyl (C=O) groups is 1. The van der Waals surface area contributed by atoms with Gasteiger partial charge in [0.1, 0.15) is 5.69 Å². The Morgan fingerprint density at radius 1 is 1.03 bits per heavy atom. The lowest BCUT2D eigenvalue weighted by Gasteiger charge is -2.28. The number of amides is 1. The first-order valence-corrected chi connectivity index (χ1v) is 11.1.